The van der Waals surface area contributed by atoms with Gasteiger partial charge in [0.1, 0.15) is 5.03 Å². The lowest BCUT2D eigenvalue weighted by Gasteiger charge is -1.75. The Morgan fingerprint density at radius 1 is 1.57 bits per heavy atom. The Bertz CT molecular complexity index is 142. The van der Waals surface area contributed by atoms with E-state index in [2.05, 4.69) is 30.2 Å². The second kappa shape index (κ2) is 2.07. The molecule has 1 nitrogen and oxygen atoms in total. The lowest BCUT2D eigenvalue weighted by molar-refractivity contribution is 1.15. The zero-order valence-corrected chi connectivity index (χ0v) is 5.93. The minimum absolute atomic E-state index is 0.716. The zero-order valence-electron chi connectivity index (χ0n) is 3.33. The van der Waals surface area contributed by atoms with Crippen LogP contribution in [0, 0.1) is 0 Å². The van der Waals surface area contributed by atoms with E-state index in [0.717, 1.165) is 4.21 Å². The minimum atomic E-state index is 0.716. The number of aromatic nitrogens is 1. The average molecular weight is 149 g/mol. The molecule has 4 heteroatoms. The summed E-state index contributed by atoms with van der Waals surface area (Å²) in [6.07, 6.45) is 0. The summed E-state index contributed by atoms with van der Waals surface area (Å²) in [4.78, 5) is 3.82. The van der Waals surface area contributed by atoms with Gasteiger partial charge in [0.25, 0.3) is 0 Å². The molecule has 0 fully saturated rings. The van der Waals surface area contributed by atoms with Crippen molar-refractivity contribution in [1.29, 1.82) is 0 Å². The number of thiol groups is 2. The maximum atomic E-state index is 4.03. The summed E-state index contributed by atoms with van der Waals surface area (Å²) < 4.78 is 0.878. The van der Waals surface area contributed by atoms with Crippen molar-refractivity contribution in [3.63, 3.8) is 0 Å². The van der Waals surface area contributed by atoms with E-state index in [-0.39, 0.29) is 0 Å². The van der Waals surface area contributed by atoms with E-state index in [1.165, 1.54) is 11.3 Å². The molecule has 1 aromatic heterocycles. The van der Waals surface area contributed by atoms with Gasteiger partial charge in [-0.15, -0.1) is 36.6 Å². The third-order valence-corrected chi connectivity index (χ3v) is 2.35. The fourth-order valence-electron chi connectivity index (χ4n) is 0.234. The van der Waals surface area contributed by atoms with Gasteiger partial charge >= 0.3 is 0 Å². The SMILES string of the molecule is Sc1ncsc1S. The molecule has 0 aliphatic rings. The van der Waals surface area contributed by atoms with Crippen LogP contribution in [0.3, 0.4) is 0 Å². The van der Waals surface area contributed by atoms with Crippen LogP contribution in [0.2, 0.25) is 0 Å². The molecule has 7 heavy (non-hydrogen) atoms. The Morgan fingerprint density at radius 2 is 2.29 bits per heavy atom. The fraction of sp³-hybridized carbons (Fsp3) is 0. The molecule has 1 aromatic rings. The highest BCUT2D eigenvalue weighted by Crippen LogP contribution is 2.19. The third kappa shape index (κ3) is 1.11. The predicted molar refractivity (Wildman–Crippen MR) is 36.6 cm³/mol. The van der Waals surface area contributed by atoms with Gasteiger partial charge in [-0.2, -0.15) is 0 Å². The van der Waals surface area contributed by atoms with Gasteiger partial charge in [-0.3, -0.25) is 0 Å². The van der Waals surface area contributed by atoms with Crippen LogP contribution in [0.15, 0.2) is 14.7 Å². The van der Waals surface area contributed by atoms with Crippen molar-refractivity contribution >= 4 is 36.6 Å². The first-order valence-corrected chi connectivity index (χ1v) is 3.39. The maximum absolute atomic E-state index is 4.03. The molecular weight excluding hydrogens is 146 g/mol. The van der Waals surface area contributed by atoms with Crippen molar-refractivity contribution in [1.82, 2.24) is 4.98 Å². The first-order chi connectivity index (χ1) is 3.30. The molecule has 0 saturated heterocycles. The summed E-state index contributed by atoms with van der Waals surface area (Å²) in [5, 5.41) is 0.716. The Balaban J connectivity index is 3.12. The quantitative estimate of drug-likeness (QED) is 0.536. The third-order valence-electron chi connectivity index (χ3n) is 0.531. The van der Waals surface area contributed by atoms with Crippen LogP contribution < -0.4 is 0 Å². The second-order valence-corrected chi connectivity index (χ2v) is 3.01. The zero-order chi connectivity index (χ0) is 5.28. The molecule has 0 aromatic carbocycles. The second-order valence-electron chi connectivity index (χ2n) is 0.981. The molecule has 0 aliphatic carbocycles. The van der Waals surface area contributed by atoms with Crippen LogP contribution in [0.1, 0.15) is 0 Å². The van der Waals surface area contributed by atoms with E-state index in [1.807, 2.05) is 0 Å². The van der Waals surface area contributed by atoms with Gasteiger partial charge in [0.2, 0.25) is 0 Å². The maximum Gasteiger partial charge on any atom is 0.117 e. The standard InChI is InChI=1S/C3H3NS3/c5-2-3(6)7-1-4-2/h1,5-6H. The molecule has 0 amide bonds. The molecule has 38 valence electrons. The molecule has 0 atom stereocenters. The Morgan fingerprint density at radius 3 is 2.43 bits per heavy atom. The molecule has 0 radical (unpaired) electrons. The van der Waals surface area contributed by atoms with Crippen molar-refractivity contribution in [2.75, 3.05) is 0 Å². The predicted octanol–water partition coefficient (Wildman–Crippen LogP) is 1.72. The summed E-state index contributed by atoms with van der Waals surface area (Å²) in [5.74, 6) is 0. The molecule has 0 unspecified atom stereocenters. The monoisotopic (exact) mass is 149 g/mol. The van der Waals surface area contributed by atoms with Gasteiger partial charge in [-0.25, -0.2) is 4.98 Å². The van der Waals surface area contributed by atoms with Gasteiger partial charge in [-0.05, 0) is 0 Å². The van der Waals surface area contributed by atoms with Gasteiger partial charge in [-0.1, -0.05) is 0 Å². The van der Waals surface area contributed by atoms with Crippen molar-refractivity contribution in [2.45, 2.75) is 9.24 Å². The van der Waals surface area contributed by atoms with Crippen LogP contribution >= 0.6 is 36.6 Å². The number of nitrogens with zero attached hydrogens (tertiary/aromatic N) is 1. The Kier molecular flexibility index (Phi) is 1.61. The molecule has 0 N–H and O–H groups in total. The summed E-state index contributed by atoms with van der Waals surface area (Å²) in [7, 11) is 0. The van der Waals surface area contributed by atoms with Crippen molar-refractivity contribution in [2.24, 2.45) is 0 Å². The van der Waals surface area contributed by atoms with Crippen molar-refractivity contribution in [3.8, 4) is 0 Å². The molecule has 1 rings (SSSR count). The van der Waals surface area contributed by atoms with Gasteiger partial charge in [0.05, 0.1) is 9.72 Å². The number of thiazole rings is 1. The minimum Gasteiger partial charge on any atom is -0.237 e. The lowest BCUT2D eigenvalue weighted by Crippen LogP contribution is -1.57. The highest BCUT2D eigenvalue weighted by Gasteiger charge is 1.91. The van der Waals surface area contributed by atoms with Crippen LogP contribution in [-0.4, -0.2) is 4.98 Å². The molecule has 0 saturated carbocycles. The van der Waals surface area contributed by atoms with Gasteiger partial charge in [0.15, 0.2) is 0 Å². The molecule has 0 bridgehead atoms. The summed E-state index contributed by atoms with van der Waals surface area (Å²) >= 11 is 9.48. The van der Waals surface area contributed by atoms with Crippen molar-refractivity contribution < 1.29 is 0 Å². The molecular formula is C3H3NS3. The first-order valence-electron chi connectivity index (χ1n) is 1.62. The first kappa shape index (κ1) is 5.47. The Hall–Kier alpha value is 0.330. The highest BCUT2D eigenvalue weighted by molar-refractivity contribution is 7.85. The summed E-state index contributed by atoms with van der Waals surface area (Å²) in [5.41, 5.74) is 1.71. The summed E-state index contributed by atoms with van der Waals surface area (Å²) in [6.45, 7) is 0. The van der Waals surface area contributed by atoms with E-state index >= 15 is 0 Å². The van der Waals surface area contributed by atoms with E-state index in [1.54, 1.807) is 5.51 Å². The molecule has 1 heterocycles. The van der Waals surface area contributed by atoms with Crippen molar-refractivity contribution in [3.05, 3.63) is 5.51 Å². The normalized spacial score (nSPS) is 9.43. The van der Waals surface area contributed by atoms with Crippen LogP contribution in [0.25, 0.3) is 0 Å². The smallest absolute Gasteiger partial charge is 0.117 e. The number of hydrogen-bond donors (Lipinski definition) is 2. The average Bonchev–Trinajstić information content (AvgIpc) is 1.91. The number of rotatable bonds is 0. The molecule has 0 spiro atoms. The van der Waals surface area contributed by atoms with E-state index < -0.39 is 0 Å². The Labute approximate surface area is 56.6 Å². The summed E-state index contributed by atoms with van der Waals surface area (Å²) in [6, 6.07) is 0. The largest absolute Gasteiger partial charge is 0.237 e. The lowest BCUT2D eigenvalue weighted by atomic mass is 11.0. The topological polar surface area (TPSA) is 12.9 Å². The van der Waals surface area contributed by atoms with Gasteiger partial charge in [0, 0.05) is 0 Å². The van der Waals surface area contributed by atoms with Crippen LogP contribution in [0.4, 0.5) is 0 Å². The fourth-order valence-corrected chi connectivity index (χ4v) is 1.14. The van der Waals surface area contributed by atoms with E-state index in [4.69, 9.17) is 0 Å². The van der Waals surface area contributed by atoms with Crippen LogP contribution in [0.5, 0.6) is 0 Å². The van der Waals surface area contributed by atoms with Gasteiger partial charge < -0.3 is 0 Å². The number of hydrogen-bond acceptors (Lipinski definition) is 4. The van der Waals surface area contributed by atoms with E-state index in [9.17, 15) is 0 Å². The van der Waals surface area contributed by atoms with E-state index in [0.29, 0.717) is 5.03 Å². The van der Waals surface area contributed by atoms with Crippen LogP contribution in [-0.2, 0) is 0 Å². The molecule has 0 aliphatic heterocycles. The highest BCUT2D eigenvalue weighted by atomic mass is 32.2.